The maximum atomic E-state index is 13.5. The van der Waals surface area contributed by atoms with Crippen LogP contribution in [0.3, 0.4) is 0 Å². The Morgan fingerprint density at radius 2 is 1.40 bits per heavy atom. The number of alkyl halides is 4. The Hall–Kier alpha value is -5.98. The van der Waals surface area contributed by atoms with Crippen molar-refractivity contribution in [2.24, 2.45) is 5.41 Å². The molecule has 0 spiro atoms. The largest absolute Gasteiger partial charge is 0.460 e. The summed E-state index contributed by atoms with van der Waals surface area (Å²) in [5.74, 6) is -0.126. The lowest BCUT2D eigenvalue weighted by Gasteiger charge is -2.43. The fourth-order valence-electron chi connectivity index (χ4n) is 7.69. The van der Waals surface area contributed by atoms with Crippen molar-refractivity contribution >= 4 is 28.2 Å². The number of hydrogen-bond donors (Lipinski definition) is 1. The van der Waals surface area contributed by atoms with Gasteiger partial charge in [-0.1, -0.05) is 24.3 Å². The van der Waals surface area contributed by atoms with Gasteiger partial charge in [-0.15, -0.1) is 0 Å². The van der Waals surface area contributed by atoms with Crippen molar-refractivity contribution in [3.8, 4) is 51.6 Å². The summed E-state index contributed by atoms with van der Waals surface area (Å²) < 4.78 is 81.1. The van der Waals surface area contributed by atoms with Crippen molar-refractivity contribution in [1.29, 1.82) is 5.26 Å². The van der Waals surface area contributed by atoms with Gasteiger partial charge in [0.25, 0.3) is 0 Å². The summed E-state index contributed by atoms with van der Waals surface area (Å²) in [6.45, 7) is 1.29. The number of fused-ring (bicyclic) bond motifs is 2. The zero-order chi connectivity index (χ0) is 40.0. The SMILES string of the molecule is Cc1c(-c2nc3cc(COC(=O)[C@@H]4CCCN4)c(OC(F)F)cc3o2)cccc1-c1cccc(-c2nc3cc(CN4CC(C)(C#N)C4)c(OC(F)F)cc3o2)c1C. The molecule has 294 valence electrons. The van der Waals surface area contributed by atoms with E-state index in [2.05, 4.69) is 16.4 Å². The predicted molar refractivity (Wildman–Crippen MR) is 200 cm³/mol. The van der Waals surface area contributed by atoms with Crippen LogP contribution in [0.5, 0.6) is 11.5 Å². The number of carbonyl (C=O) groups excluding carboxylic acids is 1. The summed E-state index contributed by atoms with van der Waals surface area (Å²) in [6, 6.07) is 19.1. The van der Waals surface area contributed by atoms with Gasteiger partial charge in [0.05, 0.1) is 11.5 Å². The van der Waals surface area contributed by atoms with Crippen LogP contribution < -0.4 is 14.8 Å². The standard InChI is InChI=1S/C42H37F4N5O6/c1-22-26(7-4-9-28(22)37-49-31-13-24(17-51-20-42(3,19-47)21-51)33(56-40(43)44)15-35(31)54-37)27-8-5-10-29(23(27)2)38-50-32-14-25(18-53-39(52)30-11-6-12-48-30)34(57-41(45)46)16-36(32)55-38/h4-5,7-10,13-16,30,40-41,48H,6,11-12,17-18,20-21H2,1-3H3/t30-/m0/s1. The van der Waals surface area contributed by atoms with Crippen molar-refractivity contribution in [2.45, 2.75) is 66.0 Å². The van der Waals surface area contributed by atoms with E-state index in [0.717, 1.165) is 28.7 Å². The molecule has 2 aliphatic rings. The van der Waals surface area contributed by atoms with Gasteiger partial charge in [-0.05, 0) is 86.7 Å². The Labute approximate surface area is 324 Å². The minimum Gasteiger partial charge on any atom is -0.460 e. The molecule has 2 saturated heterocycles. The van der Waals surface area contributed by atoms with Gasteiger partial charge in [-0.25, -0.2) is 9.97 Å². The Balaban J connectivity index is 1.10. The van der Waals surface area contributed by atoms with Gasteiger partial charge in [0.15, 0.2) is 11.2 Å². The zero-order valence-electron chi connectivity index (χ0n) is 31.2. The molecule has 0 aliphatic carbocycles. The van der Waals surface area contributed by atoms with Crippen LogP contribution in [0.4, 0.5) is 17.6 Å². The van der Waals surface area contributed by atoms with Crippen molar-refractivity contribution in [3.63, 3.8) is 0 Å². The van der Waals surface area contributed by atoms with Gasteiger partial charge < -0.3 is 28.4 Å². The lowest BCUT2D eigenvalue weighted by molar-refractivity contribution is -0.147. The summed E-state index contributed by atoms with van der Waals surface area (Å²) in [6.07, 6.45) is 1.48. The fourth-order valence-corrected chi connectivity index (χ4v) is 7.69. The van der Waals surface area contributed by atoms with Gasteiger partial charge in [0, 0.05) is 54.0 Å². The first-order valence-corrected chi connectivity index (χ1v) is 18.4. The Morgan fingerprint density at radius 1 is 0.877 bits per heavy atom. The lowest BCUT2D eigenvalue weighted by atomic mass is 9.83. The second-order valence-corrected chi connectivity index (χ2v) is 14.7. The number of rotatable bonds is 12. The van der Waals surface area contributed by atoms with Crippen LogP contribution in [0.2, 0.25) is 0 Å². The maximum absolute atomic E-state index is 13.5. The number of oxazole rings is 2. The summed E-state index contributed by atoms with van der Waals surface area (Å²) in [7, 11) is 0. The van der Waals surface area contributed by atoms with E-state index in [1.54, 1.807) is 6.07 Å². The van der Waals surface area contributed by atoms with E-state index in [-0.39, 0.29) is 40.7 Å². The molecule has 0 saturated carbocycles. The molecule has 4 aromatic carbocycles. The molecular weight excluding hydrogens is 746 g/mol. The Morgan fingerprint density at radius 3 is 1.91 bits per heavy atom. The van der Waals surface area contributed by atoms with E-state index >= 15 is 0 Å². The molecule has 2 aromatic heterocycles. The number of nitriles is 1. The van der Waals surface area contributed by atoms with Crippen LogP contribution >= 0.6 is 0 Å². The van der Waals surface area contributed by atoms with Crippen LogP contribution in [0.15, 0.2) is 69.5 Å². The predicted octanol–water partition coefficient (Wildman–Crippen LogP) is 8.93. The maximum Gasteiger partial charge on any atom is 0.387 e. The molecule has 2 fully saturated rings. The quantitative estimate of drug-likeness (QED) is 0.0941. The lowest BCUT2D eigenvalue weighted by Crippen LogP contribution is -2.53. The molecule has 11 nitrogen and oxygen atoms in total. The van der Waals surface area contributed by atoms with Gasteiger partial charge in [0.2, 0.25) is 11.8 Å². The molecular formula is C42H37F4N5O6. The first-order chi connectivity index (χ1) is 27.4. The first kappa shape index (κ1) is 37.9. The Kier molecular flexibility index (Phi) is 10.1. The molecule has 57 heavy (non-hydrogen) atoms. The third kappa shape index (κ3) is 7.62. The molecule has 0 bridgehead atoms. The molecule has 0 radical (unpaired) electrons. The van der Waals surface area contributed by atoms with Crippen LogP contribution in [-0.2, 0) is 22.7 Å². The molecule has 15 heteroatoms. The van der Waals surface area contributed by atoms with Gasteiger partial charge in [-0.2, -0.15) is 22.8 Å². The average Bonchev–Trinajstić information content (AvgIpc) is 3.93. The van der Waals surface area contributed by atoms with Crippen LogP contribution in [-0.4, -0.2) is 59.7 Å². The van der Waals surface area contributed by atoms with Gasteiger partial charge >= 0.3 is 19.2 Å². The molecule has 1 atom stereocenters. The first-order valence-electron chi connectivity index (χ1n) is 18.4. The van der Waals surface area contributed by atoms with E-state index in [1.165, 1.54) is 18.2 Å². The van der Waals surface area contributed by atoms with Gasteiger partial charge in [-0.3, -0.25) is 9.69 Å². The molecule has 4 heterocycles. The van der Waals surface area contributed by atoms with Crippen LogP contribution in [0.25, 0.3) is 56.2 Å². The number of nitrogens with one attached hydrogen (secondary N) is 1. The zero-order valence-corrected chi connectivity index (χ0v) is 31.2. The summed E-state index contributed by atoms with van der Waals surface area (Å²) in [5, 5.41) is 12.5. The van der Waals surface area contributed by atoms with E-state index in [4.69, 9.17) is 28.0 Å². The fraction of sp³-hybridized carbons (Fsp3) is 0.333. The topological polar surface area (TPSA) is 136 Å². The second kappa shape index (κ2) is 15.2. The second-order valence-electron chi connectivity index (χ2n) is 14.7. The Bertz CT molecular complexity index is 2530. The van der Waals surface area contributed by atoms with Crippen molar-refractivity contribution < 1.29 is 45.4 Å². The van der Waals surface area contributed by atoms with E-state index < -0.39 is 30.6 Å². The molecule has 0 unspecified atom stereocenters. The molecule has 0 amide bonds. The highest BCUT2D eigenvalue weighted by Crippen LogP contribution is 2.40. The number of ether oxygens (including phenoxy) is 3. The van der Waals surface area contributed by atoms with Crippen LogP contribution in [0.1, 0.15) is 42.0 Å². The summed E-state index contributed by atoms with van der Waals surface area (Å²) in [4.78, 5) is 23.9. The number of esters is 1. The van der Waals surface area contributed by atoms with Gasteiger partial charge in [0.1, 0.15) is 35.2 Å². The number of hydrogen-bond acceptors (Lipinski definition) is 11. The molecule has 2 aliphatic heterocycles. The van der Waals surface area contributed by atoms with Crippen LogP contribution in [0, 0.1) is 30.6 Å². The molecule has 6 aromatic rings. The minimum atomic E-state index is -3.11. The van der Waals surface area contributed by atoms with Crippen molar-refractivity contribution in [2.75, 3.05) is 19.6 Å². The van der Waals surface area contributed by atoms with E-state index in [9.17, 15) is 27.6 Å². The highest BCUT2D eigenvalue weighted by atomic mass is 19.3. The third-order valence-corrected chi connectivity index (χ3v) is 10.5. The van der Waals surface area contributed by atoms with Crippen molar-refractivity contribution in [3.05, 3.63) is 82.9 Å². The molecule has 1 N–H and O–H groups in total. The number of carbonyl (C=O) groups is 1. The number of aromatic nitrogens is 2. The normalized spacial score (nSPS) is 16.7. The number of benzene rings is 4. The smallest absolute Gasteiger partial charge is 0.387 e. The van der Waals surface area contributed by atoms with Crippen molar-refractivity contribution in [1.82, 2.24) is 20.2 Å². The third-order valence-electron chi connectivity index (χ3n) is 10.5. The minimum absolute atomic E-state index is 0.0165. The van der Waals surface area contributed by atoms with E-state index in [0.29, 0.717) is 66.2 Å². The number of likely N-dealkylation sites (tertiary alicyclic amines) is 1. The summed E-state index contributed by atoms with van der Waals surface area (Å²) in [5.41, 5.74) is 6.29. The number of halogens is 4. The highest BCUT2D eigenvalue weighted by molar-refractivity contribution is 5.85. The molecule has 8 rings (SSSR count). The average molecular weight is 784 g/mol. The monoisotopic (exact) mass is 783 g/mol. The number of nitrogens with zero attached hydrogens (tertiary/aromatic N) is 4. The summed E-state index contributed by atoms with van der Waals surface area (Å²) >= 11 is 0. The highest BCUT2D eigenvalue weighted by Gasteiger charge is 2.39. The van der Waals surface area contributed by atoms with E-state index in [1.807, 2.05) is 62.1 Å².